The number of rotatable bonds is 9. The van der Waals surface area contributed by atoms with Crippen molar-refractivity contribution < 1.29 is 4.74 Å². The van der Waals surface area contributed by atoms with Gasteiger partial charge in [0.05, 0.1) is 6.10 Å². The van der Waals surface area contributed by atoms with E-state index in [9.17, 15) is 0 Å². The van der Waals surface area contributed by atoms with Crippen molar-refractivity contribution in [3.8, 4) is 0 Å². The van der Waals surface area contributed by atoms with Crippen molar-refractivity contribution in [2.24, 2.45) is 5.73 Å². The summed E-state index contributed by atoms with van der Waals surface area (Å²) in [5.41, 5.74) is 5.40. The third-order valence-corrected chi connectivity index (χ3v) is 2.05. The van der Waals surface area contributed by atoms with Crippen molar-refractivity contribution in [1.82, 2.24) is 0 Å². The summed E-state index contributed by atoms with van der Waals surface area (Å²) in [6.07, 6.45) is 8.04. The van der Waals surface area contributed by atoms with Gasteiger partial charge < -0.3 is 10.5 Å². The average molecular weight is 187 g/mol. The molecule has 0 bridgehead atoms. The van der Waals surface area contributed by atoms with Gasteiger partial charge in [-0.2, -0.15) is 0 Å². The van der Waals surface area contributed by atoms with Gasteiger partial charge >= 0.3 is 0 Å². The number of hydrogen-bond acceptors (Lipinski definition) is 2. The smallest absolute Gasteiger partial charge is 0.0518 e. The molecule has 2 nitrogen and oxygen atoms in total. The summed E-state index contributed by atoms with van der Waals surface area (Å²) < 4.78 is 5.45. The Kier molecular flexibility index (Phi) is 9.94. The van der Waals surface area contributed by atoms with Crippen molar-refractivity contribution in [1.29, 1.82) is 0 Å². The molecule has 2 heteroatoms. The van der Waals surface area contributed by atoms with Gasteiger partial charge in [0, 0.05) is 6.61 Å². The Morgan fingerprint density at radius 2 is 1.46 bits per heavy atom. The molecule has 0 atom stereocenters. The zero-order valence-electron chi connectivity index (χ0n) is 9.22. The van der Waals surface area contributed by atoms with Gasteiger partial charge in [0.1, 0.15) is 0 Å². The standard InChI is InChI=1S/C11H25NO/c1-11(2)13-10-8-6-4-3-5-7-9-12/h11H,3-10,12H2,1-2H3. The van der Waals surface area contributed by atoms with Crippen LogP contribution in [0.5, 0.6) is 0 Å². The van der Waals surface area contributed by atoms with Crippen LogP contribution < -0.4 is 5.73 Å². The molecule has 0 rings (SSSR count). The lowest BCUT2D eigenvalue weighted by Crippen LogP contribution is -2.03. The van der Waals surface area contributed by atoms with Crippen LogP contribution in [0.15, 0.2) is 0 Å². The Morgan fingerprint density at radius 3 is 2.00 bits per heavy atom. The number of hydrogen-bond donors (Lipinski definition) is 1. The molecule has 0 unspecified atom stereocenters. The molecule has 0 aromatic heterocycles. The van der Waals surface area contributed by atoms with Crippen molar-refractivity contribution >= 4 is 0 Å². The minimum Gasteiger partial charge on any atom is -0.379 e. The topological polar surface area (TPSA) is 35.2 Å². The molecular weight excluding hydrogens is 162 g/mol. The van der Waals surface area contributed by atoms with Crippen LogP contribution in [0, 0.1) is 0 Å². The molecule has 0 radical (unpaired) electrons. The van der Waals surface area contributed by atoms with E-state index in [1.165, 1.54) is 38.5 Å². The van der Waals surface area contributed by atoms with Crippen LogP contribution in [-0.4, -0.2) is 19.3 Å². The third kappa shape index (κ3) is 11.9. The van der Waals surface area contributed by atoms with Crippen molar-refractivity contribution in [2.75, 3.05) is 13.2 Å². The molecule has 0 spiro atoms. The minimum atomic E-state index is 0.386. The molecule has 0 amide bonds. The fraction of sp³-hybridized carbons (Fsp3) is 1.00. The summed E-state index contributed by atoms with van der Waals surface area (Å²) in [5, 5.41) is 0. The van der Waals surface area contributed by atoms with Crippen molar-refractivity contribution in [3.63, 3.8) is 0 Å². The van der Waals surface area contributed by atoms with Crippen LogP contribution in [0.4, 0.5) is 0 Å². The first kappa shape index (κ1) is 12.9. The van der Waals surface area contributed by atoms with Gasteiger partial charge in [-0.1, -0.05) is 25.7 Å². The Morgan fingerprint density at radius 1 is 0.923 bits per heavy atom. The van der Waals surface area contributed by atoms with E-state index in [0.29, 0.717) is 6.10 Å². The van der Waals surface area contributed by atoms with Crippen LogP contribution in [-0.2, 0) is 4.74 Å². The second-order valence-corrected chi connectivity index (χ2v) is 3.83. The monoisotopic (exact) mass is 187 g/mol. The maximum Gasteiger partial charge on any atom is 0.0518 e. The van der Waals surface area contributed by atoms with Gasteiger partial charge in [-0.15, -0.1) is 0 Å². The van der Waals surface area contributed by atoms with E-state index in [4.69, 9.17) is 10.5 Å². The first-order valence-corrected chi connectivity index (χ1v) is 5.59. The summed E-state index contributed by atoms with van der Waals surface area (Å²) in [5.74, 6) is 0. The van der Waals surface area contributed by atoms with Crippen LogP contribution in [0.25, 0.3) is 0 Å². The average Bonchev–Trinajstić information content (AvgIpc) is 2.09. The second-order valence-electron chi connectivity index (χ2n) is 3.83. The van der Waals surface area contributed by atoms with E-state index >= 15 is 0 Å². The second kappa shape index (κ2) is 10.0. The van der Waals surface area contributed by atoms with Crippen molar-refractivity contribution in [3.05, 3.63) is 0 Å². The highest BCUT2D eigenvalue weighted by Gasteiger charge is 1.93. The molecule has 0 aliphatic heterocycles. The lowest BCUT2D eigenvalue weighted by atomic mass is 10.1. The van der Waals surface area contributed by atoms with E-state index in [-0.39, 0.29) is 0 Å². The molecule has 0 aliphatic carbocycles. The third-order valence-electron chi connectivity index (χ3n) is 2.05. The summed E-state index contributed by atoms with van der Waals surface area (Å²) >= 11 is 0. The van der Waals surface area contributed by atoms with Crippen LogP contribution >= 0.6 is 0 Å². The van der Waals surface area contributed by atoms with Gasteiger partial charge in [-0.25, -0.2) is 0 Å². The minimum absolute atomic E-state index is 0.386. The molecule has 0 saturated heterocycles. The van der Waals surface area contributed by atoms with Gasteiger partial charge in [0.15, 0.2) is 0 Å². The van der Waals surface area contributed by atoms with E-state index in [1.807, 2.05) is 0 Å². The summed E-state index contributed by atoms with van der Waals surface area (Å²) in [7, 11) is 0. The quantitative estimate of drug-likeness (QED) is 0.563. The summed E-state index contributed by atoms with van der Waals surface area (Å²) in [4.78, 5) is 0. The van der Waals surface area contributed by atoms with Gasteiger partial charge in [0.2, 0.25) is 0 Å². The highest BCUT2D eigenvalue weighted by Crippen LogP contribution is 2.05. The fourth-order valence-electron chi connectivity index (χ4n) is 1.27. The molecule has 0 aromatic rings. The zero-order chi connectivity index (χ0) is 9.94. The number of nitrogens with two attached hydrogens (primary N) is 1. The predicted molar refractivity (Wildman–Crippen MR) is 57.8 cm³/mol. The highest BCUT2D eigenvalue weighted by molar-refractivity contribution is 4.46. The SMILES string of the molecule is CC(C)OCCCCCCCCN. The van der Waals surface area contributed by atoms with Crippen LogP contribution in [0.2, 0.25) is 0 Å². The van der Waals surface area contributed by atoms with E-state index in [0.717, 1.165) is 13.2 Å². The molecule has 2 N–H and O–H groups in total. The zero-order valence-corrected chi connectivity index (χ0v) is 9.22. The number of ether oxygens (including phenoxy) is 1. The largest absolute Gasteiger partial charge is 0.379 e. The predicted octanol–water partition coefficient (Wildman–Crippen LogP) is 2.71. The molecule has 0 saturated carbocycles. The Labute approximate surface area is 82.8 Å². The van der Waals surface area contributed by atoms with Gasteiger partial charge in [0.25, 0.3) is 0 Å². The fourth-order valence-corrected chi connectivity index (χ4v) is 1.27. The molecule has 0 aromatic carbocycles. The highest BCUT2D eigenvalue weighted by atomic mass is 16.5. The Bertz CT molecular complexity index is 94.1. The Hall–Kier alpha value is -0.0800. The first-order chi connectivity index (χ1) is 6.27. The molecule has 13 heavy (non-hydrogen) atoms. The molecular formula is C11H25NO. The van der Waals surface area contributed by atoms with Crippen LogP contribution in [0.3, 0.4) is 0 Å². The van der Waals surface area contributed by atoms with Crippen molar-refractivity contribution in [2.45, 2.75) is 58.5 Å². The normalized spacial score (nSPS) is 11.1. The first-order valence-electron chi connectivity index (χ1n) is 5.59. The maximum atomic E-state index is 5.45. The van der Waals surface area contributed by atoms with E-state index < -0.39 is 0 Å². The lowest BCUT2D eigenvalue weighted by molar-refractivity contribution is 0.0757. The van der Waals surface area contributed by atoms with Gasteiger partial charge in [-0.05, 0) is 33.2 Å². The van der Waals surface area contributed by atoms with E-state index in [1.54, 1.807) is 0 Å². The molecule has 0 fully saturated rings. The lowest BCUT2D eigenvalue weighted by Gasteiger charge is -2.06. The number of unbranched alkanes of at least 4 members (excludes halogenated alkanes) is 5. The van der Waals surface area contributed by atoms with E-state index in [2.05, 4.69) is 13.8 Å². The molecule has 0 heterocycles. The molecule has 80 valence electrons. The van der Waals surface area contributed by atoms with Crippen LogP contribution in [0.1, 0.15) is 52.4 Å². The summed E-state index contributed by atoms with van der Waals surface area (Å²) in [6, 6.07) is 0. The Balaban J connectivity index is 2.84. The maximum absolute atomic E-state index is 5.45. The molecule has 0 aliphatic rings. The van der Waals surface area contributed by atoms with Gasteiger partial charge in [-0.3, -0.25) is 0 Å². The summed E-state index contributed by atoms with van der Waals surface area (Å²) in [6.45, 7) is 5.94.